The van der Waals surface area contributed by atoms with E-state index in [4.69, 9.17) is 10.4 Å². The second-order valence-electron chi connectivity index (χ2n) is 2.94. The van der Waals surface area contributed by atoms with E-state index in [1.807, 2.05) is 12.2 Å². The van der Waals surface area contributed by atoms with E-state index in [-0.39, 0.29) is 18.6 Å². The molecule has 1 fully saturated rings. The Hall–Kier alpha value is -0.850. The van der Waals surface area contributed by atoms with E-state index in [0.717, 1.165) is 13.0 Å². The fourth-order valence-corrected chi connectivity index (χ4v) is 1.39. The Balaban J connectivity index is 2.36. The van der Waals surface area contributed by atoms with Gasteiger partial charge in [-0.3, -0.25) is 0 Å². The molecule has 2 N–H and O–H groups in total. The van der Waals surface area contributed by atoms with E-state index in [1.54, 1.807) is 0 Å². The van der Waals surface area contributed by atoms with Gasteiger partial charge in [-0.1, -0.05) is 12.2 Å². The maximum atomic E-state index is 8.72. The lowest BCUT2D eigenvalue weighted by Crippen LogP contribution is -2.23. The van der Waals surface area contributed by atoms with E-state index in [9.17, 15) is 0 Å². The maximum Gasteiger partial charge on any atom is 0.0676 e. The van der Waals surface area contributed by atoms with Crippen molar-refractivity contribution in [1.29, 1.82) is 5.26 Å². The zero-order valence-electron chi connectivity index (χ0n) is 7.03. The minimum Gasteiger partial charge on any atom is -0.396 e. The summed E-state index contributed by atoms with van der Waals surface area (Å²) in [6.07, 6.45) is 5.52. The number of hydrogen-bond acceptors (Lipinski definition) is 3. The Morgan fingerprint density at radius 3 is 3.17 bits per heavy atom. The molecule has 0 spiro atoms. The number of aliphatic hydroxyl groups is 1. The fourth-order valence-electron chi connectivity index (χ4n) is 1.39. The molecule has 1 heterocycles. The van der Waals surface area contributed by atoms with Gasteiger partial charge in [-0.25, -0.2) is 0 Å². The van der Waals surface area contributed by atoms with Gasteiger partial charge in [0.25, 0.3) is 0 Å². The van der Waals surface area contributed by atoms with Crippen LogP contribution in [0.25, 0.3) is 0 Å². The molecule has 3 heteroatoms. The van der Waals surface area contributed by atoms with Crippen molar-refractivity contribution in [3.8, 4) is 6.07 Å². The highest BCUT2D eigenvalue weighted by atomic mass is 16.2. The van der Waals surface area contributed by atoms with Crippen LogP contribution in [0.4, 0.5) is 0 Å². The van der Waals surface area contributed by atoms with Crippen molar-refractivity contribution < 1.29 is 5.11 Å². The highest BCUT2D eigenvalue weighted by Gasteiger charge is 2.23. The SMILES string of the molecule is N#CC1CCNC1/C=C/CCO. The molecule has 0 radical (unpaired) electrons. The molecular weight excluding hydrogens is 152 g/mol. The first-order chi connectivity index (χ1) is 5.88. The summed E-state index contributed by atoms with van der Waals surface area (Å²) in [7, 11) is 0. The van der Waals surface area contributed by atoms with Crippen LogP contribution in [0.1, 0.15) is 12.8 Å². The zero-order chi connectivity index (χ0) is 8.81. The third-order valence-corrected chi connectivity index (χ3v) is 2.07. The Kier molecular flexibility index (Phi) is 3.78. The minimum atomic E-state index is 0.111. The summed E-state index contributed by atoms with van der Waals surface area (Å²) in [4.78, 5) is 0. The Morgan fingerprint density at radius 2 is 2.50 bits per heavy atom. The standard InChI is InChI=1S/C9H14N2O/c10-7-8-4-5-11-9(8)3-1-2-6-12/h1,3,8-9,11-12H,2,4-6H2/b3-1+. The van der Waals surface area contributed by atoms with Crippen molar-refractivity contribution in [2.75, 3.05) is 13.2 Å². The van der Waals surface area contributed by atoms with E-state index < -0.39 is 0 Å². The van der Waals surface area contributed by atoms with Crippen LogP contribution < -0.4 is 5.32 Å². The van der Waals surface area contributed by atoms with Crippen LogP contribution in [0.15, 0.2) is 12.2 Å². The second-order valence-corrected chi connectivity index (χ2v) is 2.94. The molecular formula is C9H14N2O. The van der Waals surface area contributed by atoms with Gasteiger partial charge in [-0.05, 0) is 19.4 Å². The molecule has 0 aromatic carbocycles. The van der Waals surface area contributed by atoms with Crippen LogP contribution in [0.5, 0.6) is 0 Å². The first kappa shape index (κ1) is 9.24. The predicted octanol–water partition coefficient (Wildman–Crippen LogP) is 0.427. The van der Waals surface area contributed by atoms with Crippen LogP contribution in [0, 0.1) is 17.2 Å². The fraction of sp³-hybridized carbons (Fsp3) is 0.667. The Morgan fingerprint density at radius 1 is 1.67 bits per heavy atom. The van der Waals surface area contributed by atoms with Gasteiger partial charge >= 0.3 is 0 Å². The molecule has 66 valence electrons. The highest BCUT2D eigenvalue weighted by Crippen LogP contribution is 2.15. The number of nitrogens with one attached hydrogen (secondary N) is 1. The quantitative estimate of drug-likeness (QED) is 0.598. The summed E-state index contributed by atoms with van der Waals surface area (Å²) in [5.41, 5.74) is 0. The molecule has 12 heavy (non-hydrogen) atoms. The third-order valence-electron chi connectivity index (χ3n) is 2.07. The van der Waals surface area contributed by atoms with E-state index in [0.29, 0.717) is 6.42 Å². The first-order valence-corrected chi connectivity index (χ1v) is 4.29. The maximum absolute atomic E-state index is 8.72. The summed E-state index contributed by atoms with van der Waals surface area (Å²) >= 11 is 0. The Bertz CT molecular complexity index is 195. The van der Waals surface area contributed by atoms with Crippen LogP contribution >= 0.6 is 0 Å². The van der Waals surface area contributed by atoms with Crippen molar-refractivity contribution in [3.63, 3.8) is 0 Å². The molecule has 0 aliphatic carbocycles. The van der Waals surface area contributed by atoms with E-state index >= 15 is 0 Å². The van der Waals surface area contributed by atoms with Gasteiger partial charge in [0.2, 0.25) is 0 Å². The Labute approximate surface area is 72.7 Å². The van der Waals surface area contributed by atoms with Crippen molar-refractivity contribution in [3.05, 3.63) is 12.2 Å². The van der Waals surface area contributed by atoms with Gasteiger partial charge in [0, 0.05) is 12.6 Å². The summed E-state index contributed by atoms with van der Waals surface area (Å²) in [5, 5.41) is 20.5. The van der Waals surface area contributed by atoms with Crippen molar-refractivity contribution >= 4 is 0 Å². The number of nitrogens with zero attached hydrogens (tertiary/aromatic N) is 1. The van der Waals surface area contributed by atoms with Crippen LogP contribution in [0.3, 0.4) is 0 Å². The molecule has 1 aliphatic rings. The molecule has 3 nitrogen and oxygen atoms in total. The number of nitriles is 1. The summed E-state index contributed by atoms with van der Waals surface area (Å²) in [6, 6.07) is 2.46. The molecule has 0 aromatic heterocycles. The average Bonchev–Trinajstić information content (AvgIpc) is 2.52. The second kappa shape index (κ2) is 4.91. The van der Waals surface area contributed by atoms with Crippen molar-refractivity contribution in [2.24, 2.45) is 5.92 Å². The molecule has 1 saturated heterocycles. The zero-order valence-corrected chi connectivity index (χ0v) is 7.03. The number of rotatable bonds is 3. The largest absolute Gasteiger partial charge is 0.396 e. The smallest absolute Gasteiger partial charge is 0.0676 e. The van der Waals surface area contributed by atoms with Crippen molar-refractivity contribution in [1.82, 2.24) is 5.32 Å². The summed E-state index contributed by atoms with van der Waals surface area (Å²) < 4.78 is 0. The topological polar surface area (TPSA) is 56.0 Å². The minimum absolute atomic E-state index is 0.111. The summed E-state index contributed by atoms with van der Waals surface area (Å²) in [6.45, 7) is 1.10. The lowest BCUT2D eigenvalue weighted by molar-refractivity contribution is 0.302. The van der Waals surface area contributed by atoms with Crippen LogP contribution in [0.2, 0.25) is 0 Å². The van der Waals surface area contributed by atoms with Crippen molar-refractivity contribution in [2.45, 2.75) is 18.9 Å². The first-order valence-electron chi connectivity index (χ1n) is 4.29. The molecule has 1 aliphatic heterocycles. The van der Waals surface area contributed by atoms with Gasteiger partial charge < -0.3 is 10.4 Å². The normalized spacial score (nSPS) is 29.3. The monoisotopic (exact) mass is 166 g/mol. The number of hydrogen-bond donors (Lipinski definition) is 2. The van der Waals surface area contributed by atoms with Crippen LogP contribution in [-0.2, 0) is 0 Å². The molecule has 2 atom stereocenters. The molecule has 0 bridgehead atoms. The lowest BCUT2D eigenvalue weighted by Gasteiger charge is -2.06. The lowest BCUT2D eigenvalue weighted by atomic mass is 10.0. The van der Waals surface area contributed by atoms with Gasteiger partial charge in [-0.15, -0.1) is 0 Å². The summed E-state index contributed by atoms with van der Waals surface area (Å²) in [5.74, 6) is 0.111. The van der Waals surface area contributed by atoms with Gasteiger partial charge in [0.05, 0.1) is 12.0 Å². The number of aliphatic hydroxyl groups excluding tert-OH is 1. The van der Waals surface area contributed by atoms with Gasteiger partial charge in [0.1, 0.15) is 0 Å². The van der Waals surface area contributed by atoms with E-state index in [2.05, 4.69) is 11.4 Å². The molecule has 0 amide bonds. The van der Waals surface area contributed by atoms with Gasteiger partial charge in [-0.2, -0.15) is 5.26 Å². The predicted molar refractivity (Wildman–Crippen MR) is 46.4 cm³/mol. The highest BCUT2D eigenvalue weighted by molar-refractivity contribution is 5.07. The third kappa shape index (κ3) is 2.33. The van der Waals surface area contributed by atoms with Crippen LogP contribution in [-0.4, -0.2) is 24.3 Å². The molecule has 1 rings (SSSR count). The molecule has 0 aromatic rings. The van der Waals surface area contributed by atoms with Gasteiger partial charge in [0.15, 0.2) is 0 Å². The van der Waals surface area contributed by atoms with E-state index in [1.165, 1.54) is 0 Å². The molecule has 0 saturated carbocycles. The average molecular weight is 166 g/mol. The molecule has 2 unspecified atom stereocenters.